The molecular weight excluding hydrogens is 482 g/mol. The predicted molar refractivity (Wildman–Crippen MR) is 118 cm³/mol. The summed E-state index contributed by atoms with van der Waals surface area (Å²) in [5, 5.41) is 2.72. The van der Waals surface area contributed by atoms with Gasteiger partial charge in [0.25, 0.3) is 12.3 Å². The number of ether oxygens (including phenoxy) is 2. The Kier molecular flexibility index (Phi) is 9.81. The van der Waals surface area contributed by atoms with Crippen molar-refractivity contribution in [2.24, 2.45) is 0 Å². The van der Waals surface area contributed by atoms with Gasteiger partial charge < -0.3 is 19.7 Å². The highest BCUT2D eigenvalue weighted by Crippen LogP contribution is 2.30. The van der Waals surface area contributed by atoms with Crippen molar-refractivity contribution in [1.82, 2.24) is 4.90 Å². The van der Waals surface area contributed by atoms with Crippen LogP contribution in [0.1, 0.15) is 25.8 Å². The van der Waals surface area contributed by atoms with E-state index in [2.05, 4.69) is 40.0 Å². The van der Waals surface area contributed by atoms with Crippen LogP contribution in [-0.4, -0.2) is 43.7 Å². The molecule has 0 aliphatic carbocycles. The summed E-state index contributed by atoms with van der Waals surface area (Å²) in [5.74, 6) is 0.433. The minimum atomic E-state index is -2.62. The van der Waals surface area contributed by atoms with Crippen LogP contribution in [0.3, 0.4) is 0 Å². The number of alkyl halides is 2. The topological polar surface area (TPSA) is 50.8 Å². The maximum Gasteiger partial charge on any atom is 0.263 e. The number of likely N-dealkylation sites (N-methyl/N-ethyl adjacent to an activating group) is 1. The Morgan fingerprint density at radius 2 is 1.83 bits per heavy atom. The molecule has 0 aliphatic rings. The fraction of sp³-hybridized carbons (Fsp3) is 0.381. The van der Waals surface area contributed by atoms with Crippen LogP contribution in [0.4, 0.5) is 14.5 Å². The third kappa shape index (κ3) is 7.41. The normalized spacial score (nSPS) is 11.1. The molecule has 2 rings (SSSR count). The highest BCUT2D eigenvalue weighted by molar-refractivity contribution is 9.10. The van der Waals surface area contributed by atoms with Crippen molar-refractivity contribution in [3.05, 3.63) is 51.5 Å². The number of amides is 1. The Morgan fingerprint density at radius 3 is 2.43 bits per heavy atom. The molecule has 30 heavy (non-hydrogen) atoms. The lowest BCUT2D eigenvalue weighted by Crippen LogP contribution is -2.27. The molecule has 0 aliphatic heterocycles. The molecule has 0 saturated carbocycles. The summed E-state index contributed by atoms with van der Waals surface area (Å²) in [6.07, 6.45) is -2.62. The van der Waals surface area contributed by atoms with Crippen molar-refractivity contribution >= 4 is 39.1 Å². The van der Waals surface area contributed by atoms with Crippen LogP contribution in [0.25, 0.3) is 0 Å². The zero-order chi connectivity index (χ0) is 22.1. The van der Waals surface area contributed by atoms with Crippen LogP contribution in [0.15, 0.2) is 40.9 Å². The lowest BCUT2D eigenvalue weighted by atomic mass is 10.2. The molecule has 2 aromatic carbocycles. The van der Waals surface area contributed by atoms with Crippen molar-refractivity contribution < 1.29 is 23.0 Å². The van der Waals surface area contributed by atoms with E-state index in [1.807, 2.05) is 0 Å². The summed E-state index contributed by atoms with van der Waals surface area (Å²) >= 11 is 9.36. The van der Waals surface area contributed by atoms with Gasteiger partial charge in [-0.05, 0) is 65.4 Å². The van der Waals surface area contributed by atoms with Crippen molar-refractivity contribution in [2.45, 2.75) is 20.3 Å². The number of carbonyl (C=O) groups excluding carboxylic acids is 1. The summed E-state index contributed by atoms with van der Waals surface area (Å²) in [6, 6.07) is 8.87. The molecule has 0 bridgehead atoms. The van der Waals surface area contributed by atoms with Crippen LogP contribution >= 0.6 is 27.5 Å². The largest absolute Gasteiger partial charge is 0.491 e. The fourth-order valence-corrected chi connectivity index (χ4v) is 3.37. The van der Waals surface area contributed by atoms with E-state index >= 15 is 0 Å². The highest BCUT2D eigenvalue weighted by atomic mass is 79.9. The molecule has 0 spiro atoms. The minimum absolute atomic E-state index is 0.0227. The maximum atomic E-state index is 12.7. The number of halogens is 4. The maximum absolute atomic E-state index is 12.7. The average Bonchev–Trinajstić information content (AvgIpc) is 2.71. The van der Waals surface area contributed by atoms with E-state index in [4.69, 9.17) is 21.1 Å². The summed E-state index contributed by atoms with van der Waals surface area (Å²) in [5.41, 5.74) is 0.353. The predicted octanol–water partition coefficient (Wildman–Crippen LogP) is 5.78. The third-order valence-corrected chi connectivity index (χ3v) is 5.26. The first-order valence-electron chi connectivity index (χ1n) is 9.49. The first-order chi connectivity index (χ1) is 14.3. The van der Waals surface area contributed by atoms with E-state index in [1.54, 1.807) is 18.2 Å². The molecule has 0 fully saturated rings. The lowest BCUT2D eigenvalue weighted by molar-refractivity contribution is -0.118. The van der Waals surface area contributed by atoms with E-state index < -0.39 is 12.3 Å². The van der Waals surface area contributed by atoms with Gasteiger partial charge in [-0.15, -0.1) is 0 Å². The van der Waals surface area contributed by atoms with E-state index in [0.717, 1.165) is 25.7 Å². The molecule has 164 valence electrons. The lowest BCUT2D eigenvalue weighted by Gasteiger charge is -2.18. The highest BCUT2D eigenvalue weighted by Gasteiger charge is 2.12. The quantitative estimate of drug-likeness (QED) is 0.421. The number of hydrogen-bond acceptors (Lipinski definition) is 4. The second kappa shape index (κ2) is 12.1. The molecule has 0 radical (unpaired) electrons. The third-order valence-electron chi connectivity index (χ3n) is 4.34. The summed E-state index contributed by atoms with van der Waals surface area (Å²) < 4.78 is 37.1. The zero-order valence-corrected chi connectivity index (χ0v) is 19.1. The molecule has 1 N–H and O–H groups in total. The monoisotopic (exact) mass is 504 g/mol. The molecule has 0 saturated heterocycles. The number of rotatable bonds is 11. The van der Waals surface area contributed by atoms with Gasteiger partial charge in [0.1, 0.15) is 18.1 Å². The molecule has 1 amide bonds. The fourth-order valence-electron chi connectivity index (χ4n) is 2.63. The van der Waals surface area contributed by atoms with Gasteiger partial charge in [-0.1, -0.05) is 25.4 Å². The SMILES string of the molecule is CCN(CC)CCOc1ccc(NC(=O)COc2ccc(C(F)F)cc2Cl)cc1Br. The van der Waals surface area contributed by atoms with E-state index in [1.165, 1.54) is 12.1 Å². The van der Waals surface area contributed by atoms with Crippen LogP contribution < -0.4 is 14.8 Å². The van der Waals surface area contributed by atoms with Crippen molar-refractivity contribution in [2.75, 3.05) is 38.2 Å². The van der Waals surface area contributed by atoms with Gasteiger partial charge >= 0.3 is 0 Å². The molecule has 2 aromatic rings. The first kappa shape index (κ1) is 24.4. The number of hydrogen-bond donors (Lipinski definition) is 1. The van der Waals surface area contributed by atoms with E-state index in [9.17, 15) is 13.6 Å². The van der Waals surface area contributed by atoms with Gasteiger partial charge in [0, 0.05) is 17.8 Å². The van der Waals surface area contributed by atoms with Gasteiger partial charge in [0.15, 0.2) is 6.61 Å². The molecule has 0 heterocycles. The first-order valence-corrected chi connectivity index (χ1v) is 10.7. The second-order valence-corrected chi connectivity index (χ2v) is 7.61. The summed E-state index contributed by atoms with van der Waals surface area (Å²) in [7, 11) is 0. The Labute approximate surface area is 188 Å². The zero-order valence-electron chi connectivity index (χ0n) is 16.8. The Hall–Kier alpha value is -1.90. The van der Waals surface area contributed by atoms with Crippen molar-refractivity contribution in [1.29, 1.82) is 0 Å². The van der Waals surface area contributed by atoms with Gasteiger partial charge in [-0.2, -0.15) is 0 Å². The van der Waals surface area contributed by atoms with Crippen molar-refractivity contribution in [3.8, 4) is 11.5 Å². The smallest absolute Gasteiger partial charge is 0.263 e. The number of nitrogens with one attached hydrogen (secondary N) is 1. The number of anilines is 1. The van der Waals surface area contributed by atoms with Crippen LogP contribution in [0.5, 0.6) is 11.5 Å². The summed E-state index contributed by atoms with van der Waals surface area (Å²) in [6.45, 7) is 7.22. The number of nitrogens with zero attached hydrogens (tertiary/aromatic N) is 1. The van der Waals surface area contributed by atoms with E-state index in [-0.39, 0.29) is 22.9 Å². The van der Waals surface area contributed by atoms with Gasteiger partial charge in [0.2, 0.25) is 0 Å². The molecule has 9 heteroatoms. The van der Waals surface area contributed by atoms with Gasteiger partial charge in [-0.25, -0.2) is 8.78 Å². The Bertz CT molecular complexity index is 851. The van der Waals surface area contributed by atoms with Crippen molar-refractivity contribution in [3.63, 3.8) is 0 Å². The second-order valence-electron chi connectivity index (χ2n) is 6.35. The van der Waals surface area contributed by atoms with Crippen LogP contribution in [0, 0.1) is 0 Å². The van der Waals surface area contributed by atoms with E-state index in [0.29, 0.717) is 22.5 Å². The average molecular weight is 506 g/mol. The number of carbonyl (C=O) groups is 1. The Balaban J connectivity index is 1.86. The molecule has 0 unspecified atom stereocenters. The standard InChI is InChI=1S/C21H24BrClF2N2O3/c1-3-27(4-2)9-10-29-18-8-6-15(12-16(18)22)26-20(28)13-30-19-7-5-14(21(24)25)11-17(19)23/h5-8,11-12,21H,3-4,9-10,13H2,1-2H3,(H,26,28). The minimum Gasteiger partial charge on any atom is -0.491 e. The van der Waals surface area contributed by atoms with Gasteiger partial charge in [-0.3, -0.25) is 4.79 Å². The molecular formula is C21H24BrClF2N2O3. The Morgan fingerprint density at radius 1 is 1.13 bits per heavy atom. The van der Waals surface area contributed by atoms with Crippen LogP contribution in [-0.2, 0) is 4.79 Å². The van der Waals surface area contributed by atoms with Gasteiger partial charge in [0.05, 0.1) is 9.50 Å². The molecule has 0 atom stereocenters. The van der Waals surface area contributed by atoms with Crippen LogP contribution in [0.2, 0.25) is 5.02 Å². The molecule has 5 nitrogen and oxygen atoms in total. The number of benzene rings is 2. The molecule has 0 aromatic heterocycles. The summed E-state index contributed by atoms with van der Waals surface area (Å²) in [4.78, 5) is 14.4.